The summed E-state index contributed by atoms with van der Waals surface area (Å²) in [5.41, 5.74) is 0.452. The molecule has 0 bridgehead atoms. The van der Waals surface area contributed by atoms with E-state index in [1.54, 1.807) is 0 Å². The lowest BCUT2D eigenvalue weighted by atomic mass is 10.2. The fraction of sp³-hybridized carbons (Fsp3) is 0.400. The molecule has 14 heavy (non-hydrogen) atoms. The number of hydrogen-bond acceptors (Lipinski definition) is 3. The minimum Gasteiger partial charge on any atom is -0.372 e. The standard InChI is InChI=1S/C10H11FN2O/c1-7(2)14-6-10-9(11)3-8(4-12)5-13-10/h3,5,7H,6H2,1-2H3. The van der Waals surface area contributed by atoms with Gasteiger partial charge in [-0.25, -0.2) is 4.39 Å². The van der Waals surface area contributed by atoms with Crippen molar-refractivity contribution >= 4 is 0 Å². The Hall–Kier alpha value is -1.47. The van der Waals surface area contributed by atoms with Crippen molar-refractivity contribution in [1.82, 2.24) is 4.98 Å². The van der Waals surface area contributed by atoms with Gasteiger partial charge in [0.2, 0.25) is 0 Å². The SMILES string of the molecule is CC(C)OCc1ncc(C#N)cc1F. The smallest absolute Gasteiger partial charge is 0.148 e. The maximum atomic E-state index is 13.2. The van der Waals surface area contributed by atoms with Gasteiger partial charge < -0.3 is 4.74 Å². The van der Waals surface area contributed by atoms with Gasteiger partial charge in [0, 0.05) is 6.20 Å². The summed E-state index contributed by atoms with van der Waals surface area (Å²) in [6.07, 6.45) is 1.37. The fourth-order valence-electron chi connectivity index (χ4n) is 0.879. The van der Waals surface area contributed by atoms with Crippen LogP contribution in [0.4, 0.5) is 4.39 Å². The summed E-state index contributed by atoms with van der Waals surface area (Å²) in [6, 6.07) is 2.98. The second kappa shape index (κ2) is 4.68. The van der Waals surface area contributed by atoms with Gasteiger partial charge in [0.15, 0.2) is 0 Å². The minimum absolute atomic E-state index is 0.0341. The van der Waals surface area contributed by atoms with Gasteiger partial charge in [-0.05, 0) is 19.9 Å². The van der Waals surface area contributed by atoms with Crippen molar-refractivity contribution in [3.05, 3.63) is 29.3 Å². The molecule has 74 valence electrons. The maximum absolute atomic E-state index is 13.2. The summed E-state index contributed by atoms with van der Waals surface area (Å²) < 4.78 is 18.4. The summed E-state index contributed by atoms with van der Waals surface area (Å²) in [6.45, 7) is 3.86. The Morgan fingerprint density at radius 1 is 1.64 bits per heavy atom. The summed E-state index contributed by atoms with van der Waals surface area (Å²) in [5.74, 6) is -0.496. The van der Waals surface area contributed by atoms with Crippen molar-refractivity contribution in [2.75, 3.05) is 0 Å². The molecular weight excluding hydrogens is 183 g/mol. The largest absolute Gasteiger partial charge is 0.372 e. The van der Waals surface area contributed by atoms with Crippen LogP contribution >= 0.6 is 0 Å². The Labute approximate surface area is 82.1 Å². The summed E-state index contributed by atoms with van der Waals surface area (Å²) in [7, 11) is 0. The van der Waals surface area contributed by atoms with Crippen LogP contribution in [0.5, 0.6) is 0 Å². The quantitative estimate of drug-likeness (QED) is 0.739. The van der Waals surface area contributed by atoms with Gasteiger partial charge in [0.1, 0.15) is 17.6 Å². The molecule has 1 aromatic rings. The molecule has 1 heterocycles. The van der Waals surface area contributed by atoms with E-state index in [-0.39, 0.29) is 24.0 Å². The number of rotatable bonds is 3. The topological polar surface area (TPSA) is 45.9 Å². The first-order valence-corrected chi connectivity index (χ1v) is 4.29. The van der Waals surface area contributed by atoms with Gasteiger partial charge in [-0.3, -0.25) is 4.98 Å². The zero-order valence-corrected chi connectivity index (χ0v) is 8.12. The lowest BCUT2D eigenvalue weighted by Crippen LogP contribution is -2.05. The molecule has 0 fully saturated rings. The van der Waals surface area contributed by atoms with Crippen molar-refractivity contribution in [2.45, 2.75) is 26.6 Å². The molecule has 0 saturated carbocycles. The first kappa shape index (κ1) is 10.6. The number of nitrogens with zero attached hydrogens (tertiary/aromatic N) is 2. The molecule has 4 heteroatoms. The van der Waals surface area contributed by atoms with Crippen molar-refractivity contribution in [2.24, 2.45) is 0 Å². The number of nitriles is 1. The van der Waals surface area contributed by atoms with Crippen LogP contribution in [0.1, 0.15) is 25.1 Å². The Morgan fingerprint density at radius 3 is 2.86 bits per heavy atom. The van der Waals surface area contributed by atoms with E-state index in [2.05, 4.69) is 4.98 Å². The molecule has 0 radical (unpaired) electrons. The molecule has 0 amide bonds. The first-order chi connectivity index (χ1) is 6.63. The molecule has 0 aliphatic carbocycles. The molecule has 0 aromatic carbocycles. The zero-order chi connectivity index (χ0) is 10.6. The average Bonchev–Trinajstić information content (AvgIpc) is 2.15. The second-order valence-electron chi connectivity index (χ2n) is 3.12. The molecule has 0 saturated heterocycles. The van der Waals surface area contributed by atoms with Gasteiger partial charge in [-0.1, -0.05) is 0 Å². The minimum atomic E-state index is -0.496. The van der Waals surface area contributed by atoms with Crippen LogP contribution in [0.2, 0.25) is 0 Å². The third kappa shape index (κ3) is 2.79. The van der Waals surface area contributed by atoms with E-state index in [1.807, 2.05) is 19.9 Å². The highest BCUT2D eigenvalue weighted by atomic mass is 19.1. The van der Waals surface area contributed by atoms with Crippen molar-refractivity contribution in [3.8, 4) is 6.07 Å². The predicted molar refractivity (Wildman–Crippen MR) is 48.8 cm³/mol. The molecule has 0 unspecified atom stereocenters. The average molecular weight is 194 g/mol. The molecule has 0 aliphatic rings. The molecule has 0 N–H and O–H groups in total. The Bertz CT molecular complexity index is 358. The van der Waals surface area contributed by atoms with Crippen LogP contribution in [0.25, 0.3) is 0 Å². The molecule has 3 nitrogen and oxygen atoms in total. The first-order valence-electron chi connectivity index (χ1n) is 4.29. The monoisotopic (exact) mass is 194 g/mol. The molecular formula is C10H11FN2O. The lowest BCUT2D eigenvalue weighted by molar-refractivity contribution is 0.0616. The Kier molecular flexibility index (Phi) is 3.55. The number of aromatic nitrogens is 1. The number of hydrogen-bond donors (Lipinski definition) is 0. The fourth-order valence-corrected chi connectivity index (χ4v) is 0.879. The van der Waals surface area contributed by atoms with Gasteiger partial charge in [-0.2, -0.15) is 5.26 Å². The van der Waals surface area contributed by atoms with Crippen LogP contribution < -0.4 is 0 Å². The van der Waals surface area contributed by atoms with Crippen molar-refractivity contribution in [3.63, 3.8) is 0 Å². The van der Waals surface area contributed by atoms with E-state index < -0.39 is 5.82 Å². The second-order valence-corrected chi connectivity index (χ2v) is 3.12. The van der Waals surface area contributed by atoms with E-state index in [0.29, 0.717) is 0 Å². The van der Waals surface area contributed by atoms with Crippen LogP contribution in [0.3, 0.4) is 0 Å². The third-order valence-corrected chi connectivity index (χ3v) is 1.60. The summed E-state index contributed by atoms with van der Waals surface area (Å²) in [4.78, 5) is 3.80. The van der Waals surface area contributed by atoms with Crippen LogP contribution in [-0.4, -0.2) is 11.1 Å². The number of halogens is 1. The molecule has 1 aromatic heterocycles. The van der Waals surface area contributed by atoms with Crippen LogP contribution in [0.15, 0.2) is 12.3 Å². The predicted octanol–water partition coefficient (Wildman–Crippen LogP) is 2.02. The molecule has 0 spiro atoms. The molecule has 0 atom stereocenters. The van der Waals surface area contributed by atoms with Gasteiger partial charge >= 0.3 is 0 Å². The Morgan fingerprint density at radius 2 is 2.36 bits per heavy atom. The van der Waals surface area contributed by atoms with Crippen LogP contribution in [0, 0.1) is 17.1 Å². The highest BCUT2D eigenvalue weighted by Gasteiger charge is 2.06. The maximum Gasteiger partial charge on any atom is 0.148 e. The third-order valence-electron chi connectivity index (χ3n) is 1.60. The van der Waals surface area contributed by atoms with Crippen molar-refractivity contribution < 1.29 is 9.13 Å². The van der Waals surface area contributed by atoms with Gasteiger partial charge in [-0.15, -0.1) is 0 Å². The number of pyridine rings is 1. The van der Waals surface area contributed by atoms with Crippen LogP contribution in [-0.2, 0) is 11.3 Å². The summed E-state index contributed by atoms with van der Waals surface area (Å²) >= 11 is 0. The molecule has 1 rings (SSSR count). The molecule has 0 aliphatic heterocycles. The lowest BCUT2D eigenvalue weighted by Gasteiger charge is -2.07. The Balaban J connectivity index is 2.75. The summed E-state index contributed by atoms with van der Waals surface area (Å²) in [5, 5.41) is 8.48. The van der Waals surface area contributed by atoms with E-state index in [4.69, 9.17) is 10.00 Å². The normalized spacial score (nSPS) is 10.2. The highest BCUT2D eigenvalue weighted by Crippen LogP contribution is 2.08. The zero-order valence-electron chi connectivity index (χ0n) is 8.12. The number of ether oxygens (including phenoxy) is 1. The van der Waals surface area contributed by atoms with Crippen molar-refractivity contribution in [1.29, 1.82) is 5.26 Å². The van der Waals surface area contributed by atoms with E-state index >= 15 is 0 Å². The highest BCUT2D eigenvalue weighted by molar-refractivity contribution is 5.27. The van der Waals surface area contributed by atoms with E-state index in [1.165, 1.54) is 6.20 Å². The van der Waals surface area contributed by atoms with Gasteiger partial charge in [0.05, 0.1) is 18.3 Å². The van der Waals surface area contributed by atoms with Gasteiger partial charge in [0.25, 0.3) is 0 Å². The van der Waals surface area contributed by atoms with E-state index in [0.717, 1.165) is 6.07 Å². The van der Waals surface area contributed by atoms with E-state index in [9.17, 15) is 4.39 Å².